The van der Waals surface area contributed by atoms with E-state index in [-0.39, 0.29) is 11.8 Å². The van der Waals surface area contributed by atoms with Crippen molar-refractivity contribution in [1.82, 2.24) is 0 Å². The van der Waals surface area contributed by atoms with Gasteiger partial charge in [-0.15, -0.1) is 0 Å². The number of esters is 1. The lowest BCUT2D eigenvalue weighted by Gasteiger charge is -2.02. The maximum atomic E-state index is 11.2. The average molecular weight is 266 g/mol. The molecule has 0 amide bonds. The maximum absolute atomic E-state index is 11.2. The Morgan fingerprint density at radius 1 is 0.947 bits per heavy atom. The van der Waals surface area contributed by atoms with Crippen LogP contribution in [0.4, 0.5) is 0 Å². The summed E-state index contributed by atoms with van der Waals surface area (Å²) in [6.45, 7) is 3.92. The third-order valence-electron chi connectivity index (χ3n) is 2.76. The fraction of sp³-hybridized carbons (Fsp3) is 0.750. The molecule has 0 aromatic heterocycles. The molecule has 0 spiro atoms. The van der Waals surface area contributed by atoms with Gasteiger partial charge in [0.05, 0.1) is 6.61 Å². The minimum atomic E-state index is -0.198. The molecule has 0 aromatic carbocycles. The molecule has 0 aromatic rings. The van der Waals surface area contributed by atoms with Crippen LogP contribution >= 0.6 is 0 Å². The van der Waals surface area contributed by atoms with Gasteiger partial charge in [-0.05, 0) is 18.8 Å². The Bertz CT molecular complexity index is 310. The topological polar surface area (TPSA) is 43.4 Å². The van der Waals surface area contributed by atoms with Crippen LogP contribution in [0.2, 0.25) is 0 Å². The summed E-state index contributed by atoms with van der Waals surface area (Å²) in [5.41, 5.74) is 0. The van der Waals surface area contributed by atoms with E-state index in [0.29, 0.717) is 13.0 Å². The highest BCUT2D eigenvalue weighted by molar-refractivity contribution is 5.95. The Morgan fingerprint density at radius 2 is 1.53 bits per heavy atom. The molecular formula is C16H26O3. The molecule has 0 aliphatic carbocycles. The van der Waals surface area contributed by atoms with Gasteiger partial charge < -0.3 is 4.74 Å². The average Bonchev–Trinajstić information content (AvgIpc) is 2.38. The normalized spacial score (nSPS) is 9.58. The first kappa shape index (κ1) is 17.7. The van der Waals surface area contributed by atoms with Gasteiger partial charge in [0, 0.05) is 19.8 Å². The van der Waals surface area contributed by atoms with E-state index < -0.39 is 0 Å². The number of ketones is 1. The number of carbonyl (C=O) groups excluding carboxylic acids is 2. The van der Waals surface area contributed by atoms with Crippen molar-refractivity contribution >= 4 is 11.8 Å². The summed E-state index contributed by atoms with van der Waals surface area (Å²) in [6.07, 6.45) is 8.98. The van der Waals surface area contributed by atoms with Crippen LogP contribution in [0.15, 0.2) is 0 Å². The summed E-state index contributed by atoms with van der Waals surface area (Å²) >= 11 is 0. The van der Waals surface area contributed by atoms with Crippen LogP contribution in [0.5, 0.6) is 0 Å². The molecule has 0 unspecified atom stereocenters. The molecule has 19 heavy (non-hydrogen) atoms. The Kier molecular flexibility index (Phi) is 12.2. The van der Waals surface area contributed by atoms with Gasteiger partial charge in [-0.3, -0.25) is 9.59 Å². The molecule has 0 heterocycles. The fourth-order valence-corrected chi connectivity index (χ4v) is 1.74. The summed E-state index contributed by atoms with van der Waals surface area (Å²) in [5, 5.41) is 0. The van der Waals surface area contributed by atoms with Crippen molar-refractivity contribution in [2.24, 2.45) is 0 Å². The smallest absolute Gasteiger partial charge is 0.302 e. The highest BCUT2D eigenvalue weighted by Crippen LogP contribution is 2.08. The van der Waals surface area contributed by atoms with Crippen LogP contribution < -0.4 is 0 Å². The van der Waals surface area contributed by atoms with Crippen molar-refractivity contribution in [1.29, 1.82) is 0 Å². The third-order valence-corrected chi connectivity index (χ3v) is 2.76. The Morgan fingerprint density at radius 3 is 2.11 bits per heavy atom. The zero-order chi connectivity index (χ0) is 14.3. The zero-order valence-corrected chi connectivity index (χ0v) is 12.3. The van der Waals surface area contributed by atoms with E-state index >= 15 is 0 Å². The Labute approximate surface area is 117 Å². The summed E-state index contributed by atoms with van der Waals surface area (Å²) < 4.78 is 4.86. The van der Waals surface area contributed by atoms with Crippen molar-refractivity contribution < 1.29 is 14.3 Å². The molecule has 108 valence electrons. The van der Waals surface area contributed by atoms with Crippen molar-refractivity contribution in [3.63, 3.8) is 0 Å². The number of unbranched alkanes of at least 4 members (excludes halogenated alkanes) is 6. The predicted molar refractivity (Wildman–Crippen MR) is 76.6 cm³/mol. The van der Waals surface area contributed by atoms with Gasteiger partial charge in [-0.25, -0.2) is 0 Å². The third kappa shape index (κ3) is 14.6. The molecule has 0 fully saturated rings. The number of ether oxygens (including phenoxy) is 1. The summed E-state index contributed by atoms with van der Waals surface area (Å²) in [6, 6.07) is 0. The lowest BCUT2D eigenvalue weighted by Crippen LogP contribution is -2.00. The van der Waals surface area contributed by atoms with E-state index in [1.54, 1.807) is 0 Å². The van der Waals surface area contributed by atoms with E-state index in [1.165, 1.54) is 26.2 Å². The summed E-state index contributed by atoms with van der Waals surface area (Å²) in [7, 11) is 0. The van der Waals surface area contributed by atoms with Gasteiger partial charge in [-0.1, -0.05) is 44.9 Å². The van der Waals surface area contributed by atoms with Crippen LogP contribution in [0.1, 0.15) is 71.6 Å². The first-order valence-corrected chi connectivity index (χ1v) is 7.32. The second kappa shape index (κ2) is 13.1. The predicted octanol–water partition coefficient (Wildman–Crippen LogP) is 3.65. The number of hydrogen-bond acceptors (Lipinski definition) is 3. The van der Waals surface area contributed by atoms with E-state index in [4.69, 9.17) is 4.74 Å². The van der Waals surface area contributed by atoms with Gasteiger partial charge >= 0.3 is 5.97 Å². The van der Waals surface area contributed by atoms with Crippen LogP contribution in [0.25, 0.3) is 0 Å². The minimum absolute atomic E-state index is 0.0724. The number of hydrogen-bond donors (Lipinski definition) is 0. The standard InChI is InChI=1S/C16H26O3/c1-3-4-12-16(18)13-10-8-6-5-7-9-11-14-19-15(2)17/h3,5-11,13-14H2,1-2H3. The van der Waals surface area contributed by atoms with Crippen molar-refractivity contribution in [3.05, 3.63) is 0 Å². The molecule has 3 heteroatoms. The molecule has 0 saturated heterocycles. The summed E-state index contributed by atoms with van der Waals surface area (Å²) in [5.74, 6) is 5.31. The molecule has 0 bridgehead atoms. The van der Waals surface area contributed by atoms with Crippen molar-refractivity contribution in [2.75, 3.05) is 6.61 Å². The Balaban J connectivity index is 3.19. The SMILES string of the molecule is CCC#CC(=O)CCCCCCCCCOC(C)=O. The van der Waals surface area contributed by atoms with Gasteiger partial charge in [0.1, 0.15) is 0 Å². The molecule has 0 N–H and O–H groups in total. The van der Waals surface area contributed by atoms with Crippen LogP contribution in [-0.2, 0) is 14.3 Å². The molecular weight excluding hydrogens is 240 g/mol. The second-order valence-corrected chi connectivity index (χ2v) is 4.64. The first-order valence-electron chi connectivity index (χ1n) is 7.32. The highest BCUT2D eigenvalue weighted by Gasteiger charge is 1.97. The maximum Gasteiger partial charge on any atom is 0.302 e. The molecule has 0 aliphatic heterocycles. The lowest BCUT2D eigenvalue weighted by atomic mass is 10.1. The minimum Gasteiger partial charge on any atom is -0.466 e. The van der Waals surface area contributed by atoms with Gasteiger partial charge in [0.15, 0.2) is 0 Å². The first-order chi connectivity index (χ1) is 9.16. The largest absolute Gasteiger partial charge is 0.466 e. The van der Waals surface area contributed by atoms with Gasteiger partial charge in [0.2, 0.25) is 5.78 Å². The fourth-order valence-electron chi connectivity index (χ4n) is 1.74. The number of carbonyl (C=O) groups is 2. The molecule has 0 radical (unpaired) electrons. The zero-order valence-electron chi connectivity index (χ0n) is 12.3. The van der Waals surface area contributed by atoms with E-state index in [0.717, 1.165) is 32.1 Å². The van der Waals surface area contributed by atoms with Crippen molar-refractivity contribution in [3.8, 4) is 11.8 Å². The van der Waals surface area contributed by atoms with Gasteiger partial charge in [-0.2, -0.15) is 0 Å². The highest BCUT2D eigenvalue weighted by atomic mass is 16.5. The molecule has 0 rings (SSSR count). The molecule has 0 atom stereocenters. The lowest BCUT2D eigenvalue weighted by molar-refractivity contribution is -0.141. The second-order valence-electron chi connectivity index (χ2n) is 4.64. The molecule has 3 nitrogen and oxygen atoms in total. The van der Waals surface area contributed by atoms with Crippen LogP contribution in [0, 0.1) is 11.8 Å². The van der Waals surface area contributed by atoms with Crippen LogP contribution in [-0.4, -0.2) is 18.4 Å². The van der Waals surface area contributed by atoms with Gasteiger partial charge in [0.25, 0.3) is 0 Å². The number of Topliss-reactive ketones (excluding diaryl/α,β-unsaturated/α-hetero) is 1. The van der Waals surface area contributed by atoms with E-state index in [1.807, 2.05) is 6.92 Å². The molecule has 0 saturated carbocycles. The van der Waals surface area contributed by atoms with E-state index in [9.17, 15) is 9.59 Å². The quantitative estimate of drug-likeness (QED) is 0.262. The summed E-state index contributed by atoms with van der Waals surface area (Å²) in [4.78, 5) is 21.8. The number of rotatable bonds is 10. The van der Waals surface area contributed by atoms with Crippen molar-refractivity contribution in [2.45, 2.75) is 71.6 Å². The Hall–Kier alpha value is -1.30. The van der Waals surface area contributed by atoms with Crippen LogP contribution in [0.3, 0.4) is 0 Å². The monoisotopic (exact) mass is 266 g/mol. The molecule has 0 aliphatic rings. The van der Waals surface area contributed by atoms with E-state index in [2.05, 4.69) is 11.8 Å².